The fraction of sp³-hybridized carbons (Fsp3) is 0.0952. The van der Waals surface area contributed by atoms with Crippen LogP contribution in [0.3, 0.4) is 0 Å². The van der Waals surface area contributed by atoms with Gasteiger partial charge in [-0.1, -0.05) is 42.5 Å². The second-order valence-electron chi connectivity index (χ2n) is 6.77. The summed E-state index contributed by atoms with van der Waals surface area (Å²) >= 11 is 1.92. The van der Waals surface area contributed by atoms with Crippen molar-refractivity contribution in [3.8, 4) is 16.4 Å². The predicted molar refractivity (Wildman–Crippen MR) is 117 cm³/mol. The molecule has 11 heteroatoms. The topological polar surface area (TPSA) is 99.8 Å². The Labute approximate surface area is 189 Å². The molecule has 4 N–H and O–H groups in total. The van der Waals surface area contributed by atoms with Crippen LogP contribution in [0, 0.1) is 0 Å². The molecule has 0 aliphatic heterocycles. The van der Waals surface area contributed by atoms with Gasteiger partial charge >= 0.3 is 6.18 Å². The van der Waals surface area contributed by atoms with E-state index in [0.717, 1.165) is 32.9 Å². The predicted octanol–water partition coefficient (Wildman–Crippen LogP) is 4.67. The molecule has 0 saturated heterocycles. The summed E-state index contributed by atoms with van der Waals surface area (Å²) in [6.07, 6.45) is -4.73. The number of alkyl halides is 3. The largest absolute Gasteiger partial charge is 0.433 e. The maximum atomic E-state index is 14.3. The number of amides is 1. The SMILES string of the molecule is NSc1ccc(Cc2c(-c3ccccc3)nn(-c3nc(C(N)=O)cs3)c2C(F)(F)F)cc1. The number of aromatic nitrogens is 3. The maximum Gasteiger partial charge on any atom is 0.433 e. The van der Waals surface area contributed by atoms with Gasteiger partial charge in [0.15, 0.2) is 5.69 Å². The number of benzene rings is 2. The van der Waals surface area contributed by atoms with Gasteiger partial charge in [0.2, 0.25) is 5.13 Å². The molecule has 2 aromatic heterocycles. The van der Waals surface area contributed by atoms with Crippen LogP contribution in [0.2, 0.25) is 0 Å². The Kier molecular flexibility index (Phi) is 6.04. The molecule has 2 heterocycles. The molecule has 164 valence electrons. The molecule has 0 spiro atoms. The van der Waals surface area contributed by atoms with Gasteiger partial charge in [-0.3, -0.25) is 9.93 Å². The molecule has 0 radical (unpaired) electrons. The molecule has 0 aliphatic rings. The van der Waals surface area contributed by atoms with Gasteiger partial charge in [0.05, 0.1) is 5.69 Å². The van der Waals surface area contributed by atoms with Gasteiger partial charge in [0.1, 0.15) is 5.69 Å². The number of carbonyl (C=O) groups is 1. The Bertz CT molecular complexity index is 1250. The van der Waals surface area contributed by atoms with Crippen molar-refractivity contribution in [1.29, 1.82) is 0 Å². The van der Waals surface area contributed by atoms with Crippen molar-refractivity contribution in [3.05, 3.63) is 82.5 Å². The average molecular weight is 476 g/mol. The zero-order valence-corrected chi connectivity index (χ0v) is 18.0. The number of nitrogens with two attached hydrogens (primary N) is 2. The van der Waals surface area contributed by atoms with E-state index in [9.17, 15) is 18.0 Å². The first-order valence-corrected chi connectivity index (χ1v) is 11.0. The quantitative estimate of drug-likeness (QED) is 0.395. The molecular weight excluding hydrogens is 459 g/mol. The van der Waals surface area contributed by atoms with Crippen LogP contribution < -0.4 is 10.9 Å². The van der Waals surface area contributed by atoms with Gasteiger partial charge in [-0.25, -0.2) is 9.67 Å². The standard InChI is InChI=1S/C21H16F3N5OS2/c22-21(23,24)18-15(10-12-6-8-14(32-26)9-7-12)17(13-4-2-1-3-5-13)28-29(18)20-27-16(11-31-20)19(25)30/h1-9,11H,10,26H2,(H2,25,30). The molecule has 32 heavy (non-hydrogen) atoms. The minimum absolute atomic E-state index is 0.00711. The maximum absolute atomic E-state index is 14.3. The molecular formula is C21H16F3N5OS2. The van der Waals surface area contributed by atoms with Crippen LogP contribution >= 0.6 is 23.3 Å². The van der Waals surface area contributed by atoms with Crippen LogP contribution in [0.1, 0.15) is 27.3 Å². The highest BCUT2D eigenvalue weighted by molar-refractivity contribution is 7.97. The van der Waals surface area contributed by atoms with Gasteiger partial charge in [-0.15, -0.1) is 11.3 Å². The molecule has 0 saturated carbocycles. The zero-order valence-electron chi connectivity index (χ0n) is 16.3. The van der Waals surface area contributed by atoms with Gasteiger partial charge in [-0.2, -0.15) is 18.3 Å². The third-order valence-corrected chi connectivity index (χ3v) is 6.03. The molecule has 0 aliphatic carbocycles. The third kappa shape index (κ3) is 4.40. The Morgan fingerprint density at radius 3 is 2.34 bits per heavy atom. The summed E-state index contributed by atoms with van der Waals surface area (Å²) in [4.78, 5) is 16.2. The second-order valence-corrected chi connectivity index (χ2v) is 8.31. The van der Waals surface area contributed by atoms with E-state index in [-0.39, 0.29) is 28.5 Å². The van der Waals surface area contributed by atoms with E-state index in [4.69, 9.17) is 10.9 Å². The third-order valence-electron chi connectivity index (χ3n) is 4.67. The number of hydrogen-bond acceptors (Lipinski definition) is 6. The van der Waals surface area contributed by atoms with Crippen LogP contribution in [-0.4, -0.2) is 20.7 Å². The molecule has 1 amide bonds. The number of nitrogens with zero attached hydrogens (tertiary/aromatic N) is 3. The summed E-state index contributed by atoms with van der Waals surface area (Å²) in [6, 6.07) is 15.6. The van der Waals surface area contributed by atoms with Crippen molar-refractivity contribution < 1.29 is 18.0 Å². The number of rotatable bonds is 6. The Balaban J connectivity index is 1.93. The van der Waals surface area contributed by atoms with Crippen LogP contribution in [0.15, 0.2) is 64.9 Å². The summed E-state index contributed by atoms with van der Waals surface area (Å²) < 4.78 is 43.7. The minimum Gasteiger partial charge on any atom is -0.364 e. The second kappa shape index (κ2) is 8.77. The molecule has 0 bridgehead atoms. The summed E-state index contributed by atoms with van der Waals surface area (Å²) in [5.74, 6) is -0.824. The highest BCUT2D eigenvalue weighted by Gasteiger charge is 2.41. The fourth-order valence-corrected chi connectivity index (χ4v) is 4.30. The van der Waals surface area contributed by atoms with E-state index in [1.54, 1.807) is 54.6 Å². The first kappa shape index (κ1) is 22.1. The number of carbonyl (C=O) groups excluding carboxylic acids is 1. The lowest BCUT2D eigenvalue weighted by molar-refractivity contribution is -0.143. The molecule has 0 fully saturated rings. The number of halogens is 3. The average Bonchev–Trinajstić information content (AvgIpc) is 3.40. The normalized spacial score (nSPS) is 11.6. The van der Waals surface area contributed by atoms with Crippen molar-refractivity contribution in [3.63, 3.8) is 0 Å². The monoisotopic (exact) mass is 475 g/mol. The van der Waals surface area contributed by atoms with Gasteiger partial charge in [-0.05, 0) is 29.6 Å². The summed E-state index contributed by atoms with van der Waals surface area (Å²) in [5, 5.41) is 11.0. The highest BCUT2D eigenvalue weighted by atomic mass is 32.2. The minimum atomic E-state index is -4.72. The zero-order chi connectivity index (χ0) is 22.9. The van der Waals surface area contributed by atoms with E-state index in [1.165, 1.54) is 5.38 Å². The van der Waals surface area contributed by atoms with E-state index >= 15 is 0 Å². The Hall–Kier alpha value is -3.15. The van der Waals surface area contributed by atoms with Crippen molar-refractivity contribution in [1.82, 2.24) is 14.8 Å². The lowest BCUT2D eigenvalue weighted by atomic mass is 9.99. The van der Waals surface area contributed by atoms with Crippen molar-refractivity contribution in [2.24, 2.45) is 10.9 Å². The fourth-order valence-electron chi connectivity index (χ4n) is 3.24. The van der Waals surface area contributed by atoms with Crippen LogP contribution in [0.4, 0.5) is 13.2 Å². The summed E-state index contributed by atoms with van der Waals surface area (Å²) in [5.41, 5.74) is 5.56. The van der Waals surface area contributed by atoms with Gasteiger partial charge in [0, 0.05) is 27.8 Å². The Morgan fingerprint density at radius 2 is 1.78 bits per heavy atom. The molecule has 2 aromatic carbocycles. The summed E-state index contributed by atoms with van der Waals surface area (Å²) in [6.45, 7) is 0. The van der Waals surface area contributed by atoms with Crippen molar-refractivity contribution >= 4 is 29.2 Å². The molecule has 0 unspecified atom stereocenters. The molecule has 4 aromatic rings. The van der Waals surface area contributed by atoms with Crippen LogP contribution in [0.25, 0.3) is 16.4 Å². The lowest BCUT2D eigenvalue weighted by Gasteiger charge is -2.12. The van der Waals surface area contributed by atoms with Gasteiger partial charge < -0.3 is 5.73 Å². The van der Waals surface area contributed by atoms with E-state index in [1.807, 2.05) is 0 Å². The van der Waals surface area contributed by atoms with Crippen molar-refractivity contribution in [2.75, 3.05) is 0 Å². The summed E-state index contributed by atoms with van der Waals surface area (Å²) in [7, 11) is 0. The number of thiazole rings is 1. The van der Waals surface area contributed by atoms with E-state index in [0.29, 0.717) is 11.1 Å². The molecule has 6 nitrogen and oxygen atoms in total. The van der Waals surface area contributed by atoms with Gasteiger partial charge in [0.25, 0.3) is 5.91 Å². The first-order valence-electron chi connectivity index (χ1n) is 9.24. The number of hydrogen-bond donors (Lipinski definition) is 2. The molecule has 0 atom stereocenters. The van der Waals surface area contributed by atoms with Crippen LogP contribution in [-0.2, 0) is 12.6 Å². The smallest absolute Gasteiger partial charge is 0.364 e. The Morgan fingerprint density at radius 1 is 1.09 bits per heavy atom. The number of primary amides is 1. The van der Waals surface area contributed by atoms with Crippen LogP contribution in [0.5, 0.6) is 0 Å². The van der Waals surface area contributed by atoms with E-state index < -0.39 is 17.8 Å². The van der Waals surface area contributed by atoms with E-state index in [2.05, 4.69) is 10.1 Å². The highest BCUT2D eigenvalue weighted by Crippen LogP contribution is 2.40. The first-order chi connectivity index (χ1) is 15.3. The molecule has 4 rings (SSSR count). The van der Waals surface area contributed by atoms with Crippen molar-refractivity contribution in [2.45, 2.75) is 17.5 Å². The lowest BCUT2D eigenvalue weighted by Crippen LogP contribution is -2.16.